The molecule has 0 aromatic heterocycles. The largest absolute Gasteiger partial charge is 0.497 e. The van der Waals surface area contributed by atoms with Gasteiger partial charge < -0.3 is 15.4 Å². The van der Waals surface area contributed by atoms with Crippen LogP contribution in [0.4, 0.5) is 20.6 Å². The normalized spacial score (nSPS) is 10.1. The van der Waals surface area contributed by atoms with Crippen LogP contribution in [-0.4, -0.2) is 13.1 Å². The number of ether oxygens (including phenoxy) is 1. The number of amides is 2. The van der Waals surface area contributed by atoms with Crippen LogP contribution in [0.5, 0.6) is 5.75 Å². The lowest BCUT2D eigenvalue weighted by atomic mass is 10.2. The number of rotatable bonds is 3. The van der Waals surface area contributed by atoms with E-state index in [1.54, 1.807) is 25.3 Å². The van der Waals surface area contributed by atoms with E-state index < -0.39 is 11.8 Å². The van der Waals surface area contributed by atoms with Gasteiger partial charge in [-0.2, -0.15) is 0 Å². The van der Waals surface area contributed by atoms with Crippen LogP contribution in [-0.2, 0) is 0 Å². The third-order valence-corrected chi connectivity index (χ3v) is 3.09. The van der Waals surface area contributed by atoms with Crippen LogP contribution in [0.25, 0.3) is 0 Å². The summed E-state index contributed by atoms with van der Waals surface area (Å²) in [7, 11) is 1.57. The Kier molecular flexibility index (Phi) is 4.65. The maximum absolute atomic E-state index is 13.5. The Labute approximate surface area is 126 Å². The summed E-state index contributed by atoms with van der Waals surface area (Å²) in [5.74, 6) is 0.139. The average molecular weight is 309 g/mol. The lowest BCUT2D eigenvalue weighted by Gasteiger charge is -2.11. The number of hydrogen-bond donors (Lipinski definition) is 2. The molecule has 0 aliphatic rings. The Morgan fingerprint density at radius 2 is 1.86 bits per heavy atom. The van der Waals surface area contributed by atoms with E-state index >= 15 is 0 Å². The minimum Gasteiger partial charge on any atom is -0.497 e. The van der Waals surface area contributed by atoms with Gasteiger partial charge in [-0.05, 0) is 48.9 Å². The number of carbonyl (C=O) groups excluding carboxylic acids is 1. The van der Waals surface area contributed by atoms with E-state index in [1.165, 1.54) is 18.2 Å². The number of urea groups is 1. The molecule has 2 amide bonds. The zero-order valence-corrected chi connectivity index (χ0v) is 12.3. The summed E-state index contributed by atoms with van der Waals surface area (Å²) in [6.07, 6.45) is 0. The first-order valence-electron chi connectivity index (χ1n) is 6.17. The first-order chi connectivity index (χ1) is 9.99. The summed E-state index contributed by atoms with van der Waals surface area (Å²) in [5.41, 5.74) is 1.46. The second-order valence-electron chi connectivity index (χ2n) is 4.38. The van der Waals surface area contributed by atoms with Crippen LogP contribution < -0.4 is 15.4 Å². The van der Waals surface area contributed by atoms with Gasteiger partial charge in [-0.25, -0.2) is 9.18 Å². The van der Waals surface area contributed by atoms with E-state index in [-0.39, 0.29) is 5.69 Å². The molecule has 6 heteroatoms. The highest BCUT2D eigenvalue weighted by Gasteiger charge is 2.09. The lowest BCUT2D eigenvalue weighted by molar-refractivity contribution is 0.262. The highest BCUT2D eigenvalue weighted by Crippen LogP contribution is 2.22. The summed E-state index contributed by atoms with van der Waals surface area (Å²) >= 11 is 5.77. The molecule has 2 aromatic rings. The van der Waals surface area contributed by atoms with Crippen molar-refractivity contribution in [2.75, 3.05) is 17.7 Å². The minimum atomic E-state index is -0.555. The van der Waals surface area contributed by atoms with Crippen LogP contribution in [0, 0.1) is 12.7 Å². The van der Waals surface area contributed by atoms with Crippen molar-refractivity contribution in [2.45, 2.75) is 6.92 Å². The van der Waals surface area contributed by atoms with Gasteiger partial charge in [-0.15, -0.1) is 0 Å². The van der Waals surface area contributed by atoms with Crippen molar-refractivity contribution >= 4 is 29.0 Å². The highest BCUT2D eigenvalue weighted by molar-refractivity contribution is 6.30. The molecule has 0 atom stereocenters. The van der Waals surface area contributed by atoms with Gasteiger partial charge in [0, 0.05) is 10.7 Å². The van der Waals surface area contributed by atoms with Crippen LogP contribution in [0.1, 0.15) is 5.56 Å². The van der Waals surface area contributed by atoms with Gasteiger partial charge in [-0.3, -0.25) is 0 Å². The molecule has 0 saturated heterocycles. The molecular formula is C15H14ClFN2O2. The van der Waals surface area contributed by atoms with Gasteiger partial charge in [0.05, 0.1) is 12.8 Å². The Bertz CT molecular complexity index is 677. The third kappa shape index (κ3) is 3.86. The molecule has 0 bridgehead atoms. The zero-order valence-electron chi connectivity index (χ0n) is 11.5. The Morgan fingerprint density at radius 1 is 1.14 bits per heavy atom. The number of methoxy groups -OCH3 is 1. The van der Waals surface area contributed by atoms with E-state index in [4.69, 9.17) is 16.3 Å². The van der Waals surface area contributed by atoms with Crippen molar-refractivity contribution in [2.24, 2.45) is 0 Å². The van der Waals surface area contributed by atoms with Crippen LogP contribution in [0.2, 0.25) is 5.02 Å². The lowest BCUT2D eigenvalue weighted by Crippen LogP contribution is -2.20. The summed E-state index contributed by atoms with van der Waals surface area (Å²) in [6.45, 7) is 1.83. The van der Waals surface area contributed by atoms with Crippen molar-refractivity contribution in [3.05, 3.63) is 52.8 Å². The number of aryl methyl sites for hydroxylation is 1. The number of anilines is 2. The molecule has 0 aliphatic carbocycles. The van der Waals surface area contributed by atoms with Crippen LogP contribution in [0.15, 0.2) is 36.4 Å². The highest BCUT2D eigenvalue weighted by atomic mass is 35.5. The van der Waals surface area contributed by atoms with E-state index in [9.17, 15) is 9.18 Å². The van der Waals surface area contributed by atoms with Gasteiger partial charge in [0.1, 0.15) is 11.6 Å². The second-order valence-corrected chi connectivity index (χ2v) is 4.82. The summed E-state index contributed by atoms with van der Waals surface area (Å²) in [4.78, 5) is 11.9. The predicted octanol–water partition coefficient (Wildman–Crippen LogP) is 4.44. The fraction of sp³-hybridized carbons (Fsp3) is 0.133. The Balaban J connectivity index is 2.10. The molecule has 110 valence electrons. The van der Waals surface area contributed by atoms with Crippen LogP contribution in [0.3, 0.4) is 0 Å². The standard InChI is InChI=1S/C15H14ClFN2O2/c1-9-7-11(21-2)4-6-13(9)18-15(20)19-14-8-10(16)3-5-12(14)17/h3-8H,1-2H3,(H2,18,19,20). The monoisotopic (exact) mass is 308 g/mol. The smallest absolute Gasteiger partial charge is 0.323 e. The molecule has 4 nitrogen and oxygen atoms in total. The first-order valence-corrected chi connectivity index (χ1v) is 6.55. The Hall–Kier alpha value is -2.27. The molecule has 21 heavy (non-hydrogen) atoms. The van der Waals surface area contributed by atoms with Crippen molar-refractivity contribution < 1.29 is 13.9 Å². The van der Waals surface area contributed by atoms with Gasteiger partial charge in [-0.1, -0.05) is 11.6 Å². The van der Waals surface area contributed by atoms with Crippen molar-refractivity contribution in [1.29, 1.82) is 0 Å². The molecule has 2 aromatic carbocycles. The molecule has 0 radical (unpaired) electrons. The molecule has 2 N–H and O–H groups in total. The quantitative estimate of drug-likeness (QED) is 0.880. The third-order valence-electron chi connectivity index (χ3n) is 2.86. The number of carbonyl (C=O) groups is 1. The Morgan fingerprint density at radius 3 is 2.52 bits per heavy atom. The SMILES string of the molecule is COc1ccc(NC(=O)Nc2cc(Cl)ccc2F)c(C)c1. The first kappa shape index (κ1) is 15.1. The number of benzene rings is 2. The van der Waals surface area contributed by atoms with Gasteiger partial charge >= 0.3 is 6.03 Å². The number of nitrogens with one attached hydrogen (secondary N) is 2. The maximum Gasteiger partial charge on any atom is 0.323 e. The minimum absolute atomic E-state index is 0.0196. The molecule has 0 spiro atoms. The van der Waals surface area contributed by atoms with E-state index in [0.717, 1.165) is 5.56 Å². The molecule has 0 fully saturated rings. The second kappa shape index (κ2) is 6.45. The van der Waals surface area contributed by atoms with E-state index in [2.05, 4.69) is 10.6 Å². The molecule has 0 unspecified atom stereocenters. The number of halogens is 2. The molecule has 2 rings (SSSR count). The molecule has 0 heterocycles. The maximum atomic E-state index is 13.5. The van der Waals surface area contributed by atoms with Gasteiger partial charge in [0.25, 0.3) is 0 Å². The van der Waals surface area contributed by atoms with E-state index in [0.29, 0.717) is 16.5 Å². The van der Waals surface area contributed by atoms with Crippen molar-refractivity contribution in [3.63, 3.8) is 0 Å². The molecular weight excluding hydrogens is 295 g/mol. The zero-order chi connectivity index (χ0) is 15.4. The average Bonchev–Trinajstić information content (AvgIpc) is 2.45. The van der Waals surface area contributed by atoms with Crippen LogP contribution >= 0.6 is 11.6 Å². The van der Waals surface area contributed by atoms with Gasteiger partial charge in [0.2, 0.25) is 0 Å². The molecule has 0 saturated carbocycles. The van der Waals surface area contributed by atoms with Crippen molar-refractivity contribution in [3.8, 4) is 5.75 Å². The van der Waals surface area contributed by atoms with E-state index in [1.807, 2.05) is 6.92 Å². The summed E-state index contributed by atoms with van der Waals surface area (Å²) < 4.78 is 18.6. The van der Waals surface area contributed by atoms with Gasteiger partial charge in [0.15, 0.2) is 0 Å². The topological polar surface area (TPSA) is 50.4 Å². The summed E-state index contributed by atoms with van der Waals surface area (Å²) in [5, 5.41) is 5.40. The predicted molar refractivity (Wildman–Crippen MR) is 81.8 cm³/mol. The number of hydrogen-bond acceptors (Lipinski definition) is 2. The fourth-order valence-corrected chi connectivity index (χ4v) is 1.94. The van der Waals surface area contributed by atoms with Crippen molar-refractivity contribution in [1.82, 2.24) is 0 Å². The molecule has 0 aliphatic heterocycles. The fourth-order valence-electron chi connectivity index (χ4n) is 1.77. The summed E-state index contributed by atoms with van der Waals surface area (Å²) in [6, 6.07) is 8.62.